The van der Waals surface area contributed by atoms with Crippen LogP contribution in [0.4, 0.5) is 13.2 Å². The van der Waals surface area contributed by atoms with Crippen LogP contribution >= 0.6 is 0 Å². The number of hydrogen-bond acceptors (Lipinski definition) is 4. The van der Waals surface area contributed by atoms with E-state index < -0.39 is 18.5 Å². The molecule has 0 spiro atoms. The summed E-state index contributed by atoms with van der Waals surface area (Å²) in [6.07, 6.45) is 5.12. The highest BCUT2D eigenvalue weighted by Gasteiger charge is 2.17. The van der Waals surface area contributed by atoms with E-state index in [4.69, 9.17) is 0 Å². The highest BCUT2D eigenvalue weighted by molar-refractivity contribution is 5.92. The minimum atomic E-state index is -3.02. The van der Waals surface area contributed by atoms with Crippen molar-refractivity contribution in [1.29, 1.82) is 0 Å². The Labute approximate surface area is 154 Å². The summed E-state index contributed by atoms with van der Waals surface area (Å²) in [5, 5.41) is 7.18. The van der Waals surface area contributed by atoms with Crippen molar-refractivity contribution in [1.82, 2.24) is 15.1 Å². The molecule has 1 atom stereocenters. The van der Waals surface area contributed by atoms with Gasteiger partial charge in [0.15, 0.2) is 0 Å². The first-order valence-electron chi connectivity index (χ1n) is 8.00. The Morgan fingerprint density at radius 3 is 2.74 bits per heavy atom. The molecule has 0 saturated carbocycles. The fourth-order valence-corrected chi connectivity index (χ4v) is 2.38. The number of hydrogen-bond donors (Lipinski definition) is 1. The van der Waals surface area contributed by atoms with Gasteiger partial charge in [0.1, 0.15) is 17.9 Å². The van der Waals surface area contributed by atoms with Crippen molar-refractivity contribution in [3.05, 3.63) is 53.6 Å². The van der Waals surface area contributed by atoms with Crippen LogP contribution in [0.1, 0.15) is 31.0 Å². The monoisotopic (exact) mass is 380 g/mol. The Balaban J connectivity index is 2.27. The second kappa shape index (κ2) is 9.02. The molecule has 27 heavy (non-hydrogen) atoms. The van der Waals surface area contributed by atoms with Crippen molar-refractivity contribution in [2.45, 2.75) is 26.5 Å². The predicted molar refractivity (Wildman–Crippen MR) is 95.3 cm³/mol. The molecule has 1 aromatic heterocycles. The number of alkyl halides is 2. The van der Waals surface area contributed by atoms with E-state index in [0.717, 1.165) is 6.07 Å². The summed E-state index contributed by atoms with van der Waals surface area (Å²) in [7, 11) is 1.61. The largest absolute Gasteiger partial charge is 0.435 e. The number of aldehydes is 1. The van der Waals surface area contributed by atoms with Gasteiger partial charge >= 0.3 is 6.61 Å². The Morgan fingerprint density at radius 1 is 1.41 bits per heavy atom. The van der Waals surface area contributed by atoms with E-state index in [1.54, 1.807) is 27.1 Å². The normalized spacial score (nSPS) is 13.6. The summed E-state index contributed by atoms with van der Waals surface area (Å²) in [4.78, 5) is 14.8. The topological polar surface area (TPSA) is 68.5 Å². The first-order chi connectivity index (χ1) is 12.8. The first-order valence-corrected chi connectivity index (χ1v) is 8.00. The van der Waals surface area contributed by atoms with Gasteiger partial charge in [0, 0.05) is 36.5 Å². The van der Waals surface area contributed by atoms with E-state index in [1.165, 1.54) is 29.1 Å². The zero-order chi connectivity index (χ0) is 20.0. The average Bonchev–Trinajstić information content (AvgIpc) is 3.10. The third-order valence-corrected chi connectivity index (χ3v) is 3.84. The van der Waals surface area contributed by atoms with Gasteiger partial charge < -0.3 is 10.1 Å². The lowest BCUT2D eigenvalue weighted by Crippen LogP contribution is -2.18. The molecule has 1 heterocycles. The Morgan fingerprint density at radius 2 is 2.15 bits per heavy atom. The Hall–Kier alpha value is -3.10. The lowest BCUT2D eigenvalue weighted by atomic mass is 10.1. The lowest BCUT2D eigenvalue weighted by Gasteiger charge is -2.15. The smallest absolute Gasteiger partial charge is 0.387 e. The van der Waals surface area contributed by atoms with E-state index in [2.05, 4.69) is 20.1 Å². The first kappa shape index (κ1) is 20.2. The molecule has 1 N–H and O–H groups in total. The molecule has 0 radical (unpaired) electrons. The zero-order valence-electron chi connectivity index (χ0n) is 15.0. The third-order valence-electron chi connectivity index (χ3n) is 3.84. The molecule has 2 aromatic rings. The number of nitrogens with zero attached hydrogens (tertiary/aromatic N) is 3. The molecule has 9 heteroatoms. The summed E-state index contributed by atoms with van der Waals surface area (Å²) in [5.74, 6) is -0.340. The number of aliphatic imine (C=N–C) groups is 1. The standard InChI is InChI=1S/C18H19F3N4O2/c1-11(15-5-4-14(8-16(15)19)27-18(20)21)25-10-13(9-23-25)17(6-7-26)24-12(2)22-3/h4-11,18H,1-3H3,(H,22,24)/b17-6-. The Bertz CT molecular complexity index is 862. The molecule has 1 aromatic carbocycles. The summed E-state index contributed by atoms with van der Waals surface area (Å²) in [6.45, 7) is 0.425. The van der Waals surface area contributed by atoms with Crippen molar-refractivity contribution in [2.75, 3.05) is 7.05 Å². The third kappa shape index (κ3) is 5.19. The minimum Gasteiger partial charge on any atom is -0.435 e. The van der Waals surface area contributed by atoms with E-state index in [9.17, 15) is 18.0 Å². The summed E-state index contributed by atoms with van der Waals surface area (Å²) >= 11 is 0. The van der Waals surface area contributed by atoms with Crippen molar-refractivity contribution >= 4 is 17.8 Å². The second-order valence-corrected chi connectivity index (χ2v) is 5.60. The Kier molecular flexibility index (Phi) is 6.75. The maximum atomic E-state index is 14.3. The van der Waals surface area contributed by atoms with Crippen LogP contribution in [0, 0.1) is 5.82 Å². The molecular weight excluding hydrogens is 361 g/mol. The lowest BCUT2D eigenvalue weighted by molar-refractivity contribution is -0.104. The molecule has 0 saturated heterocycles. The number of allylic oxidation sites excluding steroid dienone is 1. The van der Waals surface area contributed by atoms with Crippen LogP contribution in [0.2, 0.25) is 0 Å². The number of carbonyl (C=O) groups is 1. The van der Waals surface area contributed by atoms with Gasteiger partial charge in [-0.15, -0.1) is 0 Å². The molecule has 0 aliphatic carbocycles. The van der Waals surface area contributed by atoms with Crippen LogP contribution in [0.25, 0.3) is 5.70 Å². The number of halogens is 3. The van der Waals surface area contributed by atoms with Crippen LogP contribution in [0.3, 0.4) is 0 Å². The van der Waals surface area contributed by atoms with Gasteiger partial charge in [0.2, 0.25) is 0 Å². The SMILES string of the molecule is CN=C(C)N/C(=C\C=O)c1cnn(C(C)c2ccc(OC(F)F)cc2F)c1. The molecule has 144 valence electrons. The van der Waals surface area contributed by atoms with Gasteiger partial charge in [-0.1, -0.05) is 6.07 Å². The molecule has 0 aliphatic rings. The summed E-state index contributed by atoms with van der Waals surface area (Å²) in [6, 6.07) is 3.03. The average molecular weight is 380 g/mol. The quantitative estimate of drug-likeness (QED) is 0.346. The molecule has 0 aliphatic heterocycles. The van der Waals surface area contributed by atoms with Gasteiger partial charge in [0.05, 0.1) is 23.8 Å². The minimum absolute atomic E-state index is 0.255. The van der Waals surface area contributed by atoms with Crippen LogP contribution in [-0.4, -0.2) is 35.6 Å². The van der Waals surface area contributed by atoms with Gasteiger partial charge in [-0.2, -0.15) is 13.9 Å². The maximum absolute atomic E-state index is 14.3. The maximum Gasteiger partial charge on any atom is 0.387 e. The van der Waals surface area contributed by atoms with Gasteiger partial charge in [-0.3, -0.25) is 14.5 Å². The van der Waals surface area contributed by atoms with Crippen LogP contribution in [0.15, 0.2) is 41.7 Å². The van der Waals surface area contributed by atoms with E-state index in [1.807, 2.05) is 0 Å². The zero-order valence-corrected chi connectivity index (χ0v) is 15.0. The summed E-state index contributed by atoms with van der Waals surface area (Å²) in [5.41, 5.74) is 1.36. The highest BCUT2D eigenvalue weighted by Crippen LogP contribution is 2.26. The van der Waals surface area contributed by atoms with Gasteiger partial charge in [-0.25, -0.2) is 4.39 Å². The number of nitrogens with one attached hydrogen (secondary N) is 1. The molecule has 0 fully saturated rings. The molecule has 0 amide bonds. The number of carbonyl (C=O) groups excluding carboxylic acids is 1. The number of amidine groups is 1. The van der Waals surface area contributed by atoms with Gasteiger partial charge in [0.25, 0.3) is 0 Å². The molecule has 2 rings (SSSR count). The predicted octanol–water partition coefficient (Wildman–Crippen LogP) is 3.41. The number of ether oxygens (including phenoxy) is 1. The van der Waals surface area contributed by atoms with Gasteiger partial charge in [-0.05, 0) is 19.9 Å². The molecule has 1 unspecified atom stereocenters. The van der Waals surface area contributed by atoms with E-state index in [0.29, 0.717) is 23.4 Å². The summed E-state index contributed by atoms with van der Waals surface area (Å²) < 4.78 is 44.4. The van der Waals surface area contributed by atoms with E-state index in [-0.39, 0.29) is 11.3 Å². The second-order valence-electron chi connectivity index (χ2n) is 5.60. The fourth-order valence-electron chi connectivity index (χ4n) is 2.38. The van der Waals surface area contributed by atoms with Crippen LogP contribution in [-0.2, 0) is 4.79 Å². The highest BCUT2D eigenvalue weighted by atomic mass is 19.3. The molecular formula is C18H19F3N4O2. The number of benzene rings is 1. The van der Waals surface area contributed by atoms with Crippen LogP contribution < -0.4 is 10.1 Å². The van der Waals surface area contributed by atoms with E-state index >= 15 is 0 Å². The van der Waals surface area contributed by atoms with Crippen molar-refractivity contribution in [2.24, 2.45) is 4.99 Å². The number of aromatic nitrogens is 2. The van der Waals surface area contributed by atoms with Crippen LogP contribution in [0.5, 0.6) is 5.75 Å². The fraction of sp³-hybridized carbons (Fsp3) is 0.278. The van der Waals surface area contributed by atoms with Crippen molar-refractivity contribution in [3.63, 3.8) is 0 Å². The van der Waals surface area contributed by atoms with Crippen molar-refractivity contribution in [3.8, 4) is 5.75 Å². The molecule has 0 bridgehead atoms. The number of rotatable bonds is 7. The molecule has 6 nitrogen and oxygen atoms in total. The van der Waals surface area contributed by atoms with Crippen molar-refractivity contribution < 1.29 is 22.7 Å².